The van der Waals surface area contributed by atoms with Crippen LogP contribution in [0.2, 0.25) is 0 Å². The van der Waals surface area contributed by atoms with Gasteiger partial charge in [-0.2, -0.15) is 0 Å². The smallest absolute Gasteiger partial charge is 0.270 e. The fourth-order valence-corrected chi connectivity index (χ4v) is 2.21. The second kappa shape index (κ2) is 6.03. The van der Waals surface area contributed by atoms with E-state index in [0.717, 1.165) is 17.7 Å². The number of aromatic nitrogens is 1. The lowest BCUT2D eigenvalue weighted by molar-refractivity contribution is 0.0950. The molecule has 0 aliphatic rings. The average Bonchev–Trinajstić information content (AvgIpc) is 2.87. The van der Waals surface area contributed by atoms with Crippen molar-refractivity contribution in [2.24, 2.45) is 0 Å². The Kier molecular flexibility index (Phi) is 4.16. The van der Waals surface area contributed by atoms with Gasteiger partial charge in [0, 0.05) is 17.6 Å². The number of benzene rings is 1. The van der Waals surface area contributed by atoms with Crippen molar-refractivity contribution < 1.29 is 4.79 Å². The van der Waals surface area contributed by atoms with E-state index in [0.29, 0.717) is 17.2 Å². The molecule has 0 aliphatic carbocycles. The van der Waals surface area contributed by atoms with Crippen LogP contribution >= 0.6 is 11.3 Å². The number of nitrogens with one attached hydrogen (secondary N) is 1. The molecular formula is C14H13N3OS. The number of thiazole rings is 1. The third-order valence-electron chi connectivity index (χ3n) is 2.51. The molecule has 0 fully saturated rings. The molecule has 0 saturated heterocycles. The monoisotopic (exact) mass is 271 g/mol. The Morgan fingerprint density at radius 2 is 2.37 bits per heavy atom. The molecule has 0 unspecified atom stereocenters. The molecule has 2 rings (SSSR count). The SMILES string of the molecule is C#Cc1nc(C(=O)NCCc2cccc(N)c2)cs1. The number of nitrogens with two attached hydrogens (primary N) is 1. The maximum absolute atomic E-state index is 11.8. The van der Waals surface area contributed by atoms with Crippen LogP contribution in [0.5, 0.6) is 0 Å². The van der Waals surface area contributed by atoms with Crippen LogP contribution in [0.4, 0.5) is 5.69 Å². The maximum Gasteiger partial charge on any atom is 0.270 e. The molecule has 0 spiro atoms. The largest absolute Gasteiger partial charge is 0.399 e. The summed E-state index contributed by atoms with van der Waals surface area (Å²) in [5.74, 6) is 2.20. The topological polar surface area (TPSA) is 68.0 Å². The Balaban J connectivity index is 1.86. The first-order chi connectivity index (χ1) is 9.19. The average molecular weight is 271 g/mol. The summed E-state index contributed by atoms with van der Waals surface area (Å²) in [6.45, 7) is 0.533. The fraction of sp³-hybridized carbons (Fsp3) is 0.143. The second-order valence-corrected chi connectivity index (χ2v) is 4.79. The molecule has 0 atom stereocenters. The lowest BCUT2D eigenvalue weighted by atomic mass is 10.1. The van der Waals surface area contributed by atoms with E-state index in [1.54, 1.807) is 5.38 Å². The van der Waals surface area contributed by atoms with Gasteiger partial charge in [-0.1, -0.05) is 12.1 Å². The standard InChI is InChI=1S/C14H13N3OS/c1-2-13-17-12(9-19-13)14(18)16-7-6-10-4-3-5-11(15)8-10/h1,3-5,8-9H,6-7,15H2,(H,16,18). The van der Waals surface area contributed by atoms with Crippen molar-refractivity contribution in [3.63, 3.8) is 0 Å². The van der Waals surface area contributed by atoms with Crippen LogP contribution in [0.25, 0.3) is 0 Å². The van der Waals surface area contributed by atoms with Crippen molar-refractivity contribution in [1.82, 2.24) is 10.3 Å². The maximum atomic E-state index is 11.8. The number of nitrogens with zero attached hydrogens (tertiary/aromatic N) is 1. The quantitative estimate of drug-likeness (QED) is 0.656. The predicted molar refractivity (Wildman–Crippen MR) is 76.9 cm³/mol. The van der Waals surface area contributed by atoms with Gasteiger partial charge in [0.25, 0.3) is 5.91 Å². The minimum atomic E-state index is -0.207. The zero-order valence-electron chi connectivity index (χ0n) is 10.2. The van der Waals surface area contributed by atoms with E-state index in [4.69, 9.17) is 12.2 Å². The highest BCUT2D eigenvalue weighted by Gasteiger charge is 2.08. The lowest BCUT2D eigenvalue weighted by Crippen LogP contribution is -2.26. The summed E-state index contributed by atoms with van der Waals surface area (Å²) in [5, 5.41) is 4.97. The van der Waals surface area contributed by atoms with E-state index >= 15 is 0 Å². The minimum Gasteiger partial charge on any atom is -0.399 e. The summed E-state index contributed by atoms with van der Waals surface area (Å²) in [4.78, 5) is 15.8. The zero-order chi connectivity index (χ0) is 13.7. The highest BCUT2D eigenvalue weighted by molar-refractivity contribution is 7.10. The summed E-state index contributed by atoms with van der Waals surface area (Å²) in [7, 11) is 0. The lowest BCUT2D eigenvalue weighted by Gasteiger charge is -2.04. The van der Waals surface area contributed by atoms with Crippen LogP contribution in [0.3, 0.4) is 0 Å². The Morgan fingerprint density at radius 3 is 3.05 bits per heavy atom. The molecule has 2 aromatic rings. The molecule has 4 nitrogen and oxygen atoms in total. The number of nitrogen functional groups attached to an aromatic ring is 1. The van der Waals surface area contributed by atoms with Crippen LogP contribution in [0.15, 0.2) is 29.6 Å². The van der Waals surface area contributed by atoms with Crippen LogP contribution in [0, 0.1) is 12.3 Å². The molecule has 96 valence electrons. The third-order valence-corrected chi connectivity index (χ3v) is 3.28. The van der Waals surface area contributed by atoms with Gasteiger partial charge in [0.1, 0.15) is 5.69 Å². The van der Waals surface area contributed by atoms with Gasteiger partial charge in [0.15, 0.2) is 5.01 Å². The number of rotatable bonds is 4. The molecule has 0 aliphatic heterocycles. The molecule has 0 saturated carbocycles. The Morgan fingerprint density at radius 1 is 1.53 bits per heavy atom. The van der Waals surface area contributed by atoms with Gasteiger partial charge >= 0.3 is 0 Å². The van der Waals surface area contributed by atoms with Gasteiger partial charge < -0.3 is 11.1 Å². The summed E-state index contributed by atoms with van der Waals surface area (Å²) >= 11 is 1.29. The Labute approximate surface area is 115 Å². The summed E-state index contributed by atoms with van der Waals surface area (Å²) in [6.07, 6.45) is 5.93. The van der Waals surface area contributed by atoms with E-state index in [1.807, 2.05) is 24.3 Å². The van der Waals surface area contributed by atoms with Gasteiger partial charge in [-0.3, -0.25) is 4.79 Å². The van der Waals surface area contributed by atoms with Gasteiger partial charge in [-0.05, 0) is 30.0 Å². The van der Waals surface area contributed by atoms with E-state index in [9.17, 15) is 4.79 Å². The van der Waals surface area contributed by atoms with Crippen LogP contribution in [-0.4, -0.2) is 17.4 Å². The normalized spacial score (nSPS) is 9.84. The van der Waals surface area contributed by atoms with Crippen molar-refractivity contribution in [3.8, 4) is 12.3 Å². The second-order valence-electron chi connectivity index (χ2n) is 3.93. The first-order valence-electron chi connectivity index (χ1n) is 5.74. The number of hydrogen-bond acceptors (Lipinski definition) is 4. The van der Waals surface area contributed by atoms with Crippen molar-refractivity contribution in [3.05, 3.63) is 45.9 Å². The summed E-state index contributed by atoms with van der Waals surface area (Å²) in [6, 6.07) is 7.60. The molecule has 1 aromatic carbocycles. The molecule has 19 heavy (non-hydrogen) atoms. The van der Waals surface area contributed by atoms with Gasteiger partial charge in [-0.25, -0.2) is 4.98 Å². The predicted octanol–water partition coefficient (Wildman–Crippen LogP) is 1.68. The van der Waals surface area contributed by atoms with E-state index in [-0.39, 0.29) is 5.91 Å². The van der Waals surface area contributed by atoms with Gasteiger partial charge in [-0.15, -0.1) is 17.8 Å². The fourth-order valence-electron chi connectivity index (χ4n) is 1.60. The molecule has 5 heteroatoms. The van der Waals surface area contributed by atoms with Crippen LogP contribution in [0.1, 0.15) is 21.1 Å². The van der Waals surface area contributed by atoms with Crippen molar-refractivity contribution in [2.45, 2.75) is 6.42 Å². The van der Waals surface area contributed by atoms with Crippen molar-refractivity contribution in [1.29, 1.82) is 0 Å². The first kappa shape index (κ1) is 13.1. The van der Waals surface area contributed by atoms with Crippen molar-refractivity contribution in [2.75, 3.05) is 12.3 Å². The Bertz CT molecular complexity index is 628. The number of amides is 1. The van der Waals surface area contributed by atoms with Crippen LogP contribution < -0.4 is 11.1 Å². The molecule has 1 amide bonds. The Hall–Kier alpha value is -2.32. The van der Waals surface area contributed by atoms with Gasteiger partial charge in [0.05, 0.1) is 0 Å². The first-order valence-corrected chi connectivity index (χ1v) is 6.62. The number of carbonyl (C=O) groups excluding carboxylic acids is 1. The minimum absolute atomic E-state index is 0.207. The number of anilines is 1. The molecule has 3 N–H and O–H groups in total. The van der Waals surface area contributed by atoms with E-state index in [2.05, 4.69) is 16.2 Å². The van der Waals surface area contributed by atoms with E-state index < -0.39 is 0 Å². The van der Waals surface area contributed by atoms with Crippen molar-refractivity contribution >= 4 is 22.9 Å². The number of carbonyl (C=O) groups is 1. The highest BCUT2D eigenvalue weighted by atomic mass is 32.1. The molecular weight excluding hydrogens is 258 g/mol. The summed E-state index contributed by atoms with van der Waals surface area (Å²) < 4.78 is 0. The molecule has 1 aromatic heterocycles. The molecule has 0 bridgehead atoms. The number of terminal acetylenes is 1. The third kappa shape index (κ3) is 3.57. The number of hydrogen-bond donors (Lipinski definition) is 2. The van der Waals surface area contributed by atoms with E-state index in [1.165, 1.54) is 11.3 Å². The molecule has 0 radical (unpaired) electrons. The highest BCUT2D eigenvalue weighted by Crippen LogP contribution is 2.09. The molecule has 1 heterocycles. The zero-order valence-corrected chi connectivity index (χ0v) is 11.0. The summed E-state index contributed by atoms with van der Waals surface area (Å²) in [5.41, 5.74) is 7.86. The van der Waals surface area contributed by atoms with Crippen LogP contribution in [-0.2, 0) is 6.42 Å². The van der Waals surface area contributed by atoms with Gasteiger partial charge in [0.2, 0.25) is 0 Å².